The number of imidazole rings is 1. The minimum atomic E-state index is -0.630. The summed E-state index contributed by atoms with van der Waals surface area (Å²) in [5.74, 6) is -0.812. The third-order valence-corrected chi connectivity index (χ3v) is 5.60. The number of nitrogens with zero attached hydrogens (tertiary/aromatic N) is 3. The lowest BCUT2D eigenvalue weighted by Crippen LogP contribution is -2.31. The third kappa shape index (κ3) is 4.68. The van der Waals surface area contributed by atoms with Crippen LogP contribution in [0, 0.1) is 13.8 Å². The number of carbonyl (C=O) groups is 2. The number of unbranched alkanes of at least 4 members (excludes halogenated alkanes) is 1. The van der Waals surface area contributed by atoms with Crippen molar-refractivity contribution in [2.24, 2.45) is 0 Å². The summed E-state index contributed by atoms with van der Waals surface area (Å²) in [6.45, 7) is 9.87. The molecule has 3 aromatic rings. The number of hydrogen-bond donors (Lipinski definition) is 2. The van der Waals surface area contributed by atoms with Crippen molar-refractivity contribution >= 4 is 23.1 Å². The van der Waals surface area contributed by atoms with E-state index >= 15 is 0 Å². The fraction of sp³-hybridized carbons (Fsp3) is 0.522. The van der Waals surface area contributed by atoms with Gasteiger partial charge in [0.2, 0.25) is 0 Å². The molecule has 3 rings (SSSR count). The zero-order chi connectivity index (χ0) is 25.0. The van der Waals surface area contributed by atoms with Gasteiger partial charge in [0.15, 0.2) is 11.2 Å². The van der Waals surface area contributed by atoms with Crippen LogP contribution in [-0.2, 0) is 29.2 Å². The zero-order valence-electron chi connectivity index (χ0n) is 20.2. The van der Waals surface area contributed by atoms with Gasteiger partial charge in [-0.2, -0.15) is 0 Å². The van der Waals surface area contributed by atoms with Crippen LogP contribution >= 0.6 is 0 Å². The molecule has 3 aromatic heterocycles. The molecule has 0 aliphatic rings. The number of rotatable bonds is 10. The molecule has 0 aliphatic heterocycles. The van der Waals surface area contributed by atoms with Gasteiger partial charge in [-0.25, -0.2) is 19.4 Å². The number of hydrogen-bond acceptors (Lipinski definition) is 7. The van der Waals surface area contributed by atoms with Crippen LogP contribution in [0.25, 0.3) is 11.2 Å². The first-order chi connectivity index (χ1) is 16.2. The lowest BCUT2D eigenvalue weighted by atomic mass is 10.1. The molecule has 0 aromatic carbocycles. The molecule has 0 saturated heterocycles. The van der Waals surface area contributed by atoms with Gasteiger partial charge in [-0.05, 0) is 39.2 Å². The van der Waals surface area contributed by atoms with Crippen molar-refractivity contribution in [2.45, 2.75) is 73.6 Å². The van der Waals surface area contributed by atoms with Crippen molar-refractivity contribution in [3.8, 4) is 0 Å². The predicted molar refractivity (Wildman–Crippen MR) is 125 cm³/mol. The number of ether oxygens (including phenoxy) is 2. The summed E-state index contributed by atoms with van der Waals surface area (Å²) in [4.78, 5) is 59.8. The maximum absolute atomic E-state index is 12.9. The minimum absolute atomic E-state index is 0.201. The molecule has 34 heavy (non-hydrogen) atoms. The van der Waals surface area contributed by atoms with Crippen LogP contribution in [-0.4, -0.2) is 42.6 Å². The number of esters is 2. The van der Waals surface area contributed by atoms with Crippen LogP contribution in [0.1, 0.15) is 78.0 Å². The van der Waals surface area contributed by atoms with Crippen molar-refractivity contribution in [1.29, 1.82) is 0 Å². The van der Waals surface area contributed by atoms with Gasteiger partial charge in [-0.3, -0.25) is 14.3 Å². The number of aryl methyl sites for hydroxylation is 3. The molecular formula is C23H31N5O6. The molecular weight excluding hydrogens is 442 g/mol. The number of aromatic nitrogens is 5. The van der Waals surface area contributed by atoms with Gasteiger partial charge >= 0.3 is 17.6 Å². The Kier molecular flexibility index (Phi) is 7.75. The lowest BCUT2D eigenvalue weighted by Gasteiger charge is -2.09. The number of nitrogens with one attached hydrogen (secondary N) is 2. The third-order valence-electron chi connectivity index (χ3n) is 5.60. The standard InChI is InChI=1S/C23H31N5O6/c1-6-9-11-28-19-18(20(29)26-23(28)32)27(10-7-2)15(25-19)12-34-21(30)16-13(4)17(24-14(16)5)22(31)33-8-3/h24H,6-12H2,1-5H3,(H,26,29,32). The Morgan fingerprint density at radius 2 is 1.68 bits per heavy atom. The average molecular weight is 474 g/mol. The molecule has 11 heteroatoms. The topological polar surface area (TPSA) is 141 Å². The second-order valence-corrected chi connectivity index (χ2v) is 8.04. The van der Waals surface area contributed by atoms with Crippen LogP contribution in [0.2, 0.25) is 0 Å². The average Bonchev–Trinajstić information content (AvgIpc) is 3.29. The molecule has 2 N–H and O–H groups in total. The fourth-order valence-electron chi connectivity index (χ4n) is 3.98. The highest BCUT2D eigenvalue weighted by Gasteiger charge is 2.25. The molecule has 184 valence electrons. The summed E-state index contributed by atoms with van der Waals surface area (Å²) in [6.07, 6.45) is 2.33. The van der Waals surface area contributed by atoms with E-state index in [0.29, 0.717) is 36.6 Å². The first-order valence-corrected chi connectivity index (χ1v) is 11.5. The highest BCUT2D eigenvalue weighted by molar-refractivity contribution is 5.98. The Hall–Kier alpha value is -3.63. The van der Waals surface area contributed by atoms with Crippen LogP contribution in [0.15, 0.2) is 9.59 Å². The molecule has 0 spiro atoms. The SMILES string of the molecule is CCCCn1c(=O)[nH]c(=O)c2c1nc(COC(=O)c1c(C)[nH]c(C(=O)OCC)c1C)n2CCC. The highest BCUT2D eigenvalue weighted by Crippen LogP contribution is 2.21. The summed E-state index contributed by atoms with van der Waals surface area (Å²) in [6, 6.07) is 0. The lowest BCUT2D eigenvalue weighted by molar-refractivity contribution is 0.0457. The van der Waals surface area contributed by atoms with Gasteiger partial charge in [0.1, 0.15) is 18.1 Å². The Bertz CT molecular complexity index is 1330. The van der Waals surface area contributed by atoms with E-state index in [4.69, 9.17) is 9.47 Å². The maximum atomic E-state index is 12.9. The number of fused-ring (bicyclic) bond motifs is 1. The predicted octanol–water partition coefficient (Wildman–Crippen LogP) is 2.58. The summed E-state index contributed by atoms with van der Waals surface area (Å²) < 4.78 is 13.7. The van der Waals surface area contributed by atoms with Gasteiger partial charge in [0, 0.05) is 18.8 Å². The molecule has 0 saturated carbocycles. The molecule has 3 heterocycles. The first-order valence-electron chi connectivity index (χ1n) is 11.5. The minimum Gasteiger partial charge on any atom is -0.461 e. The van der Waals surface area contributed by atoms with E-state index in [1.165, 1.54) is 4.57 Å². The molecule has 0 amide bonds. The van der Waals surface area contributed by atoms with Crippen molar-refractivity contribution < 1.29 is 19.1 Å². The van der Waals surface area contributed by atoms with Crippen LogP contribution in [0.5, 0.6) is 0 Å². The van der Waals surface area contributed by atoms with Crippen molar-refractivity contribution in [1.82, 2.24) is 24.1 Å². The zero-order valence-corrected chi connectivity index (χ0v) is 20.2. The Balaban J connectivity index is 1.96. The van der Waals surface area contributed by atoms with Gasteiger partial charge in [0.05, 0.1) is 12.2 Å². The second kappa shape index (κ2) is 10.5. The molecule has 11 nitrogen and oxygen atoms in total. The van der Waals surface area contributed by atoms with Crippen molar-refractivity contribution in [3.05, 3.63) is 49.2 Å². The van der Waals surface area contributed by atoms with E-state index in [-0.39, 0.29) is 35.6 Å². The van der Waals surface area contributed by atoms with Crippen LogP contribution in [0.4, 0.5) is 0 Å². The smallest absolute Gasteiger partial charge is 0.355 e. The molecule has 0 atom stereocenters. The molecule has 0 bridgehead atoms. The molecule has 0 fully saturated rings. The van der Waals surface area contributed by atoms with Crippen LogP contribution in [0.3, 0.4) is 0 Å². The quantitative estimate of drug-likeness (QED) is 0.431. The Morgan fingerprint density at radius 3 is 2.32 bits per heavy atom. The van der Waals surface area contributed by atoms with E-state index in [1.54, 1.807) is 25.3 Å². The van der Waals surface area contributed by atoms with Gasteiger partial charge in [0.25, 0.3) is 5.56 Å². The van der Waals surface area contributed by atoms with E-state index in [1.807, 2.05) is 13.8 Å². The molecule has 0 radical (unpaired) electrons. The van der Waals surface area contributed by atoms with Crippen molar-refractivity contribution in [2.75, 3.05) is 6.61 Å². The van der Waals surface area contributed by atoms with E-state index in [9.17, 15) is 19.2 Å². The summed E-state index contributed by atoms with van der Waals surface area (Å²) in [5, 5.41) is 0. The van der Waals surface area contributed by atoms with Crippen molar-refractivity contribution in [3.63, 3.8) is 0 Å². The van der Waals surface area contributed by atoms with Gasteiger partial charge in [-0.1, -0.05) is 20.3 Å². The summed E-state index contributed by atoms with van der Waals surface area (Å²) in [5.41, 5.74) is 0.895. The largest absolute Gasteiger partial charge is 0.461 e. The summed E-state index contributed by atoms with van der Waals surface area (Å²) >= 11 is 0. The Labute approximate surface area is 196 Å². The first kappa shape index (κ1) is 25.0. The van der Waals surface area contributed by atoms with E-state index in [0.717, 1.165) is 12.8 Å². The Morgan fingerprint density at radius 1 is 0.941 bits per heavy atom. The number of aromatic amines is 2. The van der Waals surface area contributed by atoms with E-state index < -0.39 is 23.2 Å². The second-order valence-electron chi connectivity index (χ2n) is 8.04. The maximum Gasteiger partial charge on any atom is 0.355 e. The van der Waals surface area contributed by atoms with Gasteiger partial charge < -0.3 is 19.0 Å². The van der Waals surface area contributed by atoms with E-state index in [2.05, 4.69) is 15.0 Å². The number of carbonyl (C=O) groups excluding carboxylic acids is 2. The molecule has 0 aliphatic carbocycles. The van der Waals surface area contributed by atoms with Gasteiger partial charge in [-0.15, -0.1) is 0 Å². The normalized spacial score (nSPS) is 11.2. The molecule has 0 unspecified atom stereocenters. The fourth-order valence-corrected chi connectivity index (χ4v) is 3.98. The number of H-pyrrole nitrogens is 2. The highest BCUT2D eigenvalue weighted by atomic mass is 16.5. The summed E-state index contributed by atoms with van der Waals surface area (Å²) in [7, 11) is 0. The monoisotopic (exact) mass is 473 g/mol. The van der Waals surface area contributed by atoms with Crippen LogP contribution < -0.4 is 11.2 Å².